The summed E-state index contributed by atoms with van der Waals surface area (Å²) < 4.78 is 7.10. The van der Waals surface area contributed by atoms with Crippen molar-refractivity contribution in [3.63, 3.8) is 0 Å². The molecule has 108 valence electrons. The first-order valence-electron chi connectivity index (χ1n) is 6.40. The van der Waals surface area contributed by atoms with Gasteiger partial charge in [-0.05, 0) is 12.1 Å². The van der Waals surface area contributed by atoms with E-state index in [-0.39, 0.29) is 6.61 Å². The lowest BCUT2D eigenvalue weighted by Crippen LogP contribution is -1.97. The normalized spacial score (nSPS) is 11.0. The number of hydrogen-bond donors (Lipinski definition) is 1. The Hall–Kier alpha value is -2.12. The van der Waals surface area contributed by atoms with E-state index in [0.717, 1.165) is 16.4 Å². The maximum atomic E-state index is 9.14. The van der Waals surface area contributed by atoms with Crippen molar-refractivity contribution >= 4 is 11.8 Å². The van der Waals surface area contributed by atoms with Gasteiger partial charge in [-0.1, -0.05) is 35.1 Å². The maximum absolute atomic E-state index is 9.14. The summed E-state index contributed by atoms with van der Waals surface area (Å²) in [6.45, 7) is -0.0234. The molecule has 6 nitrogen and oxygen atoms in total. The molecule has 21 heavy (non-hydrogen) atoms. The van der Waals surface area contributed by atoms with E-state index in [1.165, 1.54) is 11.8 Å². The third kappa shape index (κ3) is 2.98. The highest BCUT2D eigenvalue weighted by atomic mass is 32.2. The molecule has 0 unspecified atom stereocenters. The van der Waals surface area contributed by atoms with Crippen molar-refractivity contribution in [3.05, 3.63) is 48.0 Å². The van der Waals surface area contributed by atoms with E-state index in [9.17, 15) is 0 Å². The first kappa shape index (κ1) is 13.8. The molecule has 0 bridgehead atoms. The van der Waals surface area contributed by atoms with Crippen LogP contribution in [0.4, 0.5) is 0 Å². The summed E-state index contributed by atoms with van der Waals surface area (Å²) in [7, 11) is 1.87. The van der Waals surface area contributed by atoms with E-state index in [4.69, 9.17) is 9.63 Å². The van der Waals surface area contributed by atoms with Crippen LogP contribution in [0.1, 0.15) is 11.5 Å². The maximum Gasteiger partial charge on any atom is 0.257 e. The Balaban J connectivity index is 1.69. The van der Waals surface area contributed by atoms with Gasteiger partial charge < -0.3 is 14.2 Å². The van der Waals surface area contributed by atoms with Crippen LogP contribution in [0.2, 0.25) is 0 Å². The summed E-state index contributed by atoms with van der Waals surface area (Å²) in [4.78, 5) is 8.61. The number of aliphatic hydroxyl groups excluding tert-OH is 1. The number of hydrogen-bond acceptors (Lipinski definition) is 6. The number of aromatic nitrogens is 4. The molecule has 0 spiro atoms. The van der Waals surface area contributed by atoms with Gasteiger partial charge in [-0.25, -0.2) is 4.98 Å². The van der Waals surface area contributed by atoms with Crippen LogP contribution in [-0.4, -0.2) is 24.8 Å². The minimum Gasteiger partial charge on any atom is -0.390 e. The molecule has 7 heteroatoms. The first-order valence-corrected chi connectivity index (χ1v) is 7.38. The van der Waals surface area contributed by atoms with Crippen molar-refractivity contribution in [2.24, 2.45) is 7.05 Å². The van der Waals surface area contributed by atoms with Gasteiger partial charge in [0.2, 0.25) is 0 Å². The Bertz CT molecular complexity index is 724. The van der Waals surface area contributed by atoms with Gasteiger partial charge in [0.05, 0.1) is 24.3 Å². The highest BCUT2D eigenvalue weighted by Crippen LogP contribution is 2.23. The van der Waals surface area contributed by atoms with Crippen LogP contribution in [0.3, 0.4) is 0 Å². The molecule has 0 aliphatic heterocycles. The van der Waals surface area contributed by atoms with Crippen LogP contribution < -0.4 is 0 Å². The number of rotatable bonds is 5. The fourth-order valence-corrected chi connectivity index (χ4v) is 2.66. The third-order valence-corrected chi connectivity index (χ3v) is 4.06. The quantitative estimate of drug-likeness (QED) is 0.728. The van der Waals surface area contributed by atoms with E-state index in [1.54, 1.807) is 6.20 Å². The lowest BCUT2D eigenvalue weighted by Gasteiger charge is -2.01. The van der Waals surface area contributed by atoms with Crippen LogP contribution in [-0.2, 0) is 19.4 Å². The Labute approximate surface area is 125 Å². The second-order valence-corrected chi connectivity index (χ2v) is 5.36. The van der Waals surface area contributed by atoms with Gasteiger partial charge in [0.15, 0.2) is 11.0 Å². The van der Waals surface area contributed by atoms with Crippen LogP contribution in [0, 0.1) is 0 Å². The van der Waals surface area contributed by atoms with Gasteiger partial charge >= 0.3 is 0 Å². The first-order chi connectivity index (χ1) is 10.3. The molecule has 1 aromatic carbocycles. The summed E-state index contributed by atoms with van der Waals surface area (Å²) in [5, 5.41) is 13.9. The zero-order valence-corrected chi connectivity index (χ0v) is 12.2. The van der Waals surface area contributed by atoms with Gasteiger partial charge in [0, 0.05) is 12.6 Å². The average molecular weight is 302 g/mol. The van der Waals surface area contributed by atoms with Crippen LogP contribution >= 0.6 is 11.8 Å². The molecule has 2 aromatic heterocycles. The standard InChI is InChI=1S/C14H14N4O2S/c1-18-11(8-19)7-15-14(18)21-9-12-16-13(20-17-12)10-5-3-2-4-6-10/h2-7,19H,8-9H2,1H3. The second kappa shape index (κ2) is 6.11. The Morgan fingerprint density at radius 1 is 1.29 bits per heavy atom. The largest absolute Gasteiger partial charge is 0.390 e. The number of benzene rings is 1. The molecule has 1 N–H and O–H groups in total. The Morgan fingerprint density at radius 3 is 2.81 bits per heavy atom. The predicted octanol–water partition coefficient (Wildman–Crippen LogP) is 2.25. The third-order valence-electron chi connectivity index (χ3n) is 3.02. The van der Waals surface area contributed by atoms with E-state index in [0.29, 0.717) is 17.5 Å². The lowest BCUT2D eigenvalue weighted by molar-refractivity contribution is 0.271. The molecule has 0 fully saturated rings. The molecule has 3 aromatic rings. The molecule has 0 aliphatic carbocycles. The van der Waals surface area contributed by atoms with E-state index in [2.05, 4.69) is 15.1 Å². The van der Waals surface area contributed by atoms with Crippen molar-refractivity contribution in [1.82, 2.24) is 19.7 Å². The van der Waals surface area contributed by atoms with Gasteiger partial charge in [-0.3, -0.25) is 0 Å². The summed E-state index contributed by atoms with van der Waals surface area (Å²) in [5.74, 6) is 1.70. The molecule has 0 radical (unpaired) electrons. The highest BCUT2D eigenvalue weighted by molar-refractivity contribution is 7.98. The molecule has 2 heterocycles. The molecular weight excluding hydrogens is 288 g/mol. The molecule has 0 aliphatic rings. The number of nitrogens with zero attached hydrogens (tertiary/aromatic N) is 4. The Morgan fingerprint density at radius 2 is 2.10 bits per heavy atom. The predicted molar refractivity (Wildman–Crippen MR) is 78.4 cm³/mol. The molecule has 0 atom stereocenters. The highest BCUT2D eigenvalue weighted by Gasteiger charge is 2.11. The molecule has 0 saturated carbocycles. The summed E-state index contributed by atoms with van der Waals surface area (Å²) in [5.41, 5.74) is 1.68. The van der Waals surface area contributed by atoms with E-state index in [1.807, 2.05) is 41.9 Å². The smallest absolute Gasteiger partial charge is 0.257 e. The fourth-order valence-electron chi connectivity index (χ4n) is 1.85. The molecular formula is C14H14N4O2S. The summed E-state index contributed by atoms with van der Waals surface area (Å²) in [6.07, 6.45) is 1.66. The van der Waals surface area contributed by atoms with Crippen molar-refractivity contribution in [2.75, 3.05) is 0 Å². The van der Waals surface area contributed by atoms with Crippen LogP contribution in [0.5, 0.6) is 0 Å². The summed E-state index contributed by atoms with van der Waals surface area (Å²) in [6, 6.07) is 9.65. The summed E-state index contributed by atoms with van der Waals surface area (Å²) >= 11 is 1.50. The monoisotopic (exact) mass is 302 g/mol. The average Bonchev–Trinajstić information content (AvgIpc) is 3.13. The number of imidazole rings is 1. The topological polar surface area (TPSA) is 77.0 Å². The van der Waals surface area contributed by atoms with Gasteiger partial charge in [0.1, 0.15) is 0 Å². The Kier molecular flexibility index (Phi) is 4.03. The number of thioether (sulfide) groups is 1. The molecule has 0 amide bonds. The SMILES string of the molecule is Cn1c(CO)cnc1SCc1noc(-c2ccccc2)n1. The minimum atomic E-state index is -0.0234. The zero-order chi connectivity index (χ0) is 14.7. The van der Waals surface area contributed by atoms with Crippen molar-refractivity contribution in [2.45, 2.75) is 17.5 Å². The van der Waals surface area contributed by atoms with Gasteiger partial charge in [-0.2, -0.15) is 4.98 Å². The van der Waals surface area contributed by atoms with E-state index < -0.39 is 0 Å². The van der Waals surface area contributed by atoms with Crippen molar-refractivity contribution in [1.29, 1.82) is 0 Å². The van der Waals surface area contributed by atoms with Gasteiger partial charge in [0.25, 0.3) is 5.89 Å². The minimum absolute atomic E-state index is 0.0234. The molecule has 0 saturated heterocycles. The van der Waals surface area contributed by atoms with E-state index >= 15 is 0 Å². The lowest BCUT2D eigenvalue weighted by atomic mass is 10.2. The zero-order valence-electron chi connectivity index (χ0n) is 11.4. The second-order valence-electron chi connectivity index (χ2n) is 4.42. The van der Waals surface area contributed by atoms with Crippen LogP contribution in [0.25, 0.3) is 11.5 Å². The number of aliphatic hydroxyl groups is 1. The van der Waals surface area contributed by atoms with Crippen LogP contribution in [0.15, 0.2) is 46.2 Å². The van der Waals surface area contributed by atoms with Gasteiger partial charge in [-0.15, -0.1) is 0 Å². The van der Waals surface area contributed by atoms with Crippen molar-refractivity contribution in [3.8, 4) is 11.5 Å². The van der Waals surface area contributed by atoms with Crippen molar-refractivity contribution < 1.29 is 9.63 Å². The molecule has 3 rings (SSSR count). The fraction of sp³-hybridized carbons (Fsp3) is 0.214.